The summed E-state index contributed by atoms with van der Waals surface area (Å²) in [4.78, 5) is 63.7. The predicted octanol–water partition coefficient (Wildman–Crippen LogP) is 7.01. The van der Waals surface area contributed by atoms with Crippen molar-refractivity contribution < 1.29 is 28.7 Å². The van der Waals surface area contributed by atoms with Crippen LogP contribution in [0.3, 0.4) is 0 Å². The number of methoxy groups -OCH3 is 2. The maximum Gasteiger partial charge on any atom is 0.226 e. The van der Waals surface area contributed by atoms with E-state index in [2.05, 4.69) is 10.0 Å². The third-order valence-electron chi connectivity index (χ3n) is 11.3. The Labute approximate surface area is 322 Å². The molecule has 13 heteroatoms. The number of ether oxygens (including phenoxy) is 2. The molecule has 1 aliphatic rings. The largest absolute Gasteiger partial charge is 0.379 e. The van der Waals surface area contributed by atoms with Gasteiger partial charge in [-0.3, -0.25) is 24.1 Å². The normalized spacial score (nSPS) is 19.1. The summed E-state index contributed by atoms with van der Waals surface area (Å²) in [6, 6.07) is 5.69. The average molecular weight is 761 g/mol. The lowest BCUT2D eigenvalue weighted by Crippen LogP contribution is -2.54. The molecule has 0 saturated carbocycles. The number of nitrogens with zero attached hydrogens (tertiary/aromatic N) is 6. The van der Waals surface area contributed by atoms with Gasteiger partial charge in [-0.25, -0.2) is 0 Å². The Morgan fingerprint density at radius 3 is 2.23 bits per heavy atom. The van der Waals surface area contributed by atoms with Gasteiger partial charge in [-0.15, -0.1) is 0 Å². The second kappa shape index (κ2) is 22.4. The number of carbonyl (C=O) groups excluding carboxylic acids is 4. The first-order valence-corrected chi connectivity index (χ1v) is 19.5. The molecule has 1 saturated heterocycles. The van der Waals surface area contributed by atoms with Crippen molar-refractivity contribution >= 4 is 35.0 Å². The van der Waals surface area contributed by atoms with Crippen molar-refractivity contribution in [1.82, 2.24) is 14.7 Å². The fraction of sp³-hybridized carbons (Fsp3) is 0.750. The molecule has 0 spiro atoms. The molecule has 0 bridgehead atoms. The van der Waals surface area contributed by atoms with Crippen LogP contribution < -0.4 is 0 Å². The van der Waals surface area contributed by atoms with E-state index in [1.807, 2.05) is 82.8 Å². The van der Waals surface area contributed by atoms with Gasteiger partial charge >= 0.3 is 0 Å². The van der Waals surface area contributed by atoms with E-state index in [0.717, 1.165) is 12.0 Å². The Morgan fingerprint density at radius 1 is 1.02 bits per heavy atom. The van der Waals surface area contributed by atoms with E-state index in [1.165, 1.54) is 0 Å². The summed E-state index contributed by atoms with van der Waals surface area (Å²) in [6.07, 6.45) is 2.75. The number of amides is 2. The minimum Gasteiger partial charge on any atom is -0.379 e. The van der Waals surface area contributed by atoms with E-state index in [0.29, 0.717) is 43.7 Å². The Kier molecular flexibility index (Phi) is 19.5. The number of carbonyl (C=O) groups is 4. The number of likely N-dealkylation sites (tertiary alicyclic amines) is 1. The Hall–Kier alpha value is -3.02. The molecule has 0 aliphatic carbocycles. The maximum atomic E-state index is 14.3. The molecule has 298 valence electrons. The van der Waals surface area contributed by atoms with Crippen molar-refractivity contribution in [3.05, 3.63) is 45.3 Å². The van der Waals surface area contributed by atoms with Crippen LogP contribution >= 0.6 is 11.6 Å². The SMILES string of the molecule is CC[C@H](C)[C@@H]([C@@H](CC(=O)N1CCC[C@H]1[C@H](OC)[C@@H](C)C(=O)CCCc1ccccc1Cl)OC)N(C)C(=O)[C@H](CC(=O)[C@H](C(C)C)N(C)C)[C@H](C)N=[N+]=[N-]. The number of Topliss-reactive ketones (excluding diaryl/α,β-unsaturated/α-hetero) is 2. The standard InChI is InChI=1S/C40H65ClN6O6/c1-12-26(4)38(46(9)40(51)30(28(6)43-44-42)23-34(49)37(25(2)3)45(7)8)35(52-10)24-36(50)47-22-16-20-32(47)39(53-11)27(5)33(48)21-15-18-29-17-13-14-19-31(29)41/h13-14,17,19,25-28,30,32,35,37-39H,12,15-16,18,20-24H2,1-11H3/t26-,27-,28-,30+,32-,35+,37-,38-,39+/m0/s1. The smallest absolute Gasteiger partial charge is 0.226 e. The van der Waals surface area contributed by atoms with E-state index in [-0.39, 0.29) is 54.1 Å². The van der Waals surface area contributed by atoms with Gasteiger partial charge in [-0.1, -0.05) is 82.9 Å². The number of hydrogen-bond donors (Lipinski definition) is 0. The number of azide groups is 1. The topological polar surface area (TPSA) is 145 Å². The van der Waals surface area contributed by atoms with Gasteiger partial charge < -0.3 is 19.3 Å². The molecular weight excluding hydrogens is 696 g/mol. The summed E-state index contributed by atoms with van der Waals surface area (Å²) >= 11 is 6.32. The van der Waals surface area contributed by atoms with E-state index in [1.54, 1.807) is 33.1 Å². The molecule has 0 unspecified atom stereocenters. The number of benzene rings is 1. The molecule has 0 radical (unpaired) electrons. The van der Waals surface area contributed by atoms with Crippen LogP contribution in [0, 0.1) is 23.7 Å². The van der Waals surface area contributed by atoms with Gasteiger partial charge in [0.25, 0.3) is 0 Å². The first-order valence-electron chi connectivity index (χ1n) is 19.2. The molecule has 1 aromatic carbocycles. The van der Waals surface area contributed by atoms with Gasteiger partial charge in [0.1, 0.15) is 5.78 Å². The van der Waals surface area contributed by atoms with Crippen LogP contribution in [-0.4, -0.2) is 116 Å². The molecule has 2 rings (SSSR count). The Bertz CT molecular complexity index is 1400. The first kappa shape index (κ1) is 46.1. The van der Waals surface area contributed by atoms with Crippen molar-refractivity contribution in [2.75, 3.05) is 41.9 Å². The highest BCUT2D eigenvalue weighted by Gasteiger charge is 2.43. The van der Waals surface area contributed by atoms with E-state index in [4.69, 9.17) is 21.1 Å². The van der Waals surface area contributed by atoms with Crippen LogP contribution in [0.1, 0.15) is 92.1 Å². The maximum absolute atomic E-state index is 14.3. The van der Waals surface area contributed by atoms with Crippen molar-refractivity contribution in [3.63, 3.8) is 0 Å². The van der Waals surface area contributed by atoms with Crippen molar-refractivity contribution in [2.45, 2.75) is 129 Å². The van der Waals surface area contributed by atoms with Crippen molar-refractivity contribution in [2.24, 2.45) is 28.8 Å². The Morgan fingerprint density at radius 2 is 1.68 bits per heavy atom. The van der Waals surface area contributed by atoms with Crippen LogP contribution in [0.5, 0.6) is 0 Å². The number of likely N-dealkylation sites (N-methyl/N-ethyl adjacent to an activating group) is 2. The summed E-state index contributed by atoms with van der Waals surface area (Å²) in [5, 5.41) is 4.54. The van der Waals surface area contributed by atoms with Crippen LogP contribution in [0.2, 0.25) is 5.02 Å². The second-order valence-corrected chi connectivity index (χ2v) is 15.8. The molecule has 1 heterocycles. The zero-order chi connectivity index (χ0) is 40.0. The van der Waals surface area contributed by atoms with Crippen molar-refractivity contribution in [3.8, 4) is 0 Å². The predicted molar refractivity (Wildman–Crippen MR) is 210 cm³/mol. The molecule has 12 nitrogen and oxygen atoms in total. The summed E-state index contributed by atoms with van der Waals surface area (Å²) in [5.74, 6) is -1.83. The summed E-state index contributed by atoms with van der Waals surface area (Å²) in [5.41, 5.74) is 10.3. The number of aryl methyl sites for hydroxylation is 1. The Balaban J connectivity index is 2.27. The summed E-state index contributed by atoms with van der Waals surface area (Å²) < 4.78 is 12.0. The average Bonchev–Trinajstić information content (AvgIpc) is 3.60. The molecule has 1 aromatic rings. The zero-order valence-electron chi connectivity index (χ0n) is 34.0. The third kappa shape index (κ3) is 12.5. The molecule has 2 amide bonds. The van der Waals surface area contributed by atoms with Gasteiger partial charge in [0.05, 0.1) is 42.7 Å². The summed E-state index contributed by atoms with van der Waals surface area (Å²) in [7, 11) is 8.49. The molecular formula is C40H65ClN6O6. The lowest BCUT2D eigenvalue weighted by Gasteiger charge is -2.41. The lowest BCUT2D eigenvalue weighted by molar-refractivity contribution is -0.148. The first-order chi connectivity index (χ1) is 25.0. The second-order valence-electron chi connectivity index (χ2n) is 15.4. The van der Waals surface area contributed by atoms with Gasteiger partial charge in [0.15, 0.2) is 5.78 Å². The van der Waals surface area contributed by atoms with E-state index in [9.17, 15) is 24.7 Å². The minimum absolute atomic E-state index is 0.0157. The summed E-state index contributed by atoms with van der Waals surface area (Å²) in [6.45, 7) is 12.0. The monoisotopic (exact) mass is 760 g/mol. The fourth-order valence-corrected chi connectivity index (χ4v) is 8.43. The molecule has 53 heavy (non-hydrogen) atoms. The third-order valence-corrected chi connectivity index (χ3v) is 11.6. The van der Waals surface area contributed by atoms with Gasteiger partial charge in [0, 0.05) is 62.5 Å². The van der Waals surface area contributed by atoms with Gasteiger partial charge in [0.2, 0.25) is 11.8 Å². The highest BCUT2D eigenvalue weighted by atomic mass is 35.5. The lowest BCUT2D eigenvalue weighted by atomic mass is 9.85. The minimum atomic E-state index is -0.890. The molecule has 9 atom stereocenters. The van der Waals surface area contributed by atoms with Crippen LogP contribution in [0.25, 0.3) is 10.4 Å². The molecule has 0 N–H and O–H groups in total. The van der Waals surface area contributed by atoms with E-state index >= 15 is 0 Å². The van der Waals surface area contributed by atoms with Gasteiger partial charge in [-0.2, -0.15) is 0 Å². The van der Waals surface area contributed by atoms with Gasteiger partial charge in [-0.05, 0) is 68.8 Å². The number of rotatable bonds is 23. The zero-order valence-corrected chi connectivity index (χ0v) is 34.7. The van der Waals surface area contributed by atoms with E-state index < -0.39 is 42.2 Å². The quantitative estimate of drug-likeness (QED) is 0.0663. The van der Waals surface area contributed by atoms with Crippen LogP contribution in [0.4, 0.5) is 0 Å². The van der Waals surface area contributed by atoms with Crippen LogP contribution in [0.15, 0.2) is 29.4 Å². The van der Waals surface area contributed by atoms with Crippen LogP contribution in [-0.2, 0) is 35.1 Å². The number of halogens is 1. The fourth-order valence-electron chi connectivity index (χ4n) is 8.20. The molecule has 0 aromatic heterocycles. The highest BCUT2D eigenvalue weighted by molar-refractivity contribution is 6.31. The number of hydrogen-bond acceptors (Lipinski definition) is 8. The number of ketones is 2. The molecule has 1 fully saturated rings. The highest BCUT2D eigenvalue weighted by Crippen LogP contribution is 2.31. The molecule has 1 aliphatic heterocycles. The van der Waals surface area contributed by atoms with Crippen molar-refractivity contribution in [1.29, 1.82) is 0 Å².